The first kappa shape index (κ1) is 9.72. The summed E-state index contributed by atoms with van der Waals surface area (Å²) in [5, 5.41) is -0.456. The SMILES string of the molecule is O=C(Cl)CCCC(=O)OCl. The van der Waals surface area contributed by atoms with Crippen molar-refractivity contribution < 1.29 is 13.9 Å². The summed E-state index contributed by atoms with van der Waals surface area (Å²) in [6.07, 6.45) is 0.684. The van der Waals surface area contributed by atoms with Gasteiger partial charge in [-0.05, 0) is 18.0 Å². The Bertz CT molecular complexity index is 135. The van der Waals surface area contributed by atoms with Gasteiger partial charge in [-0.15, -0.1) is 0 Å². The van der Waals surface area contributed by atoms with Crippen LogP contribution in [0.1, 0.15) is 19.3 Å². The molecule has 0 amide bonds. The lowest BCUT2D eigenvalue weighted by atomic mass is 10.2. The molecule has 5 heteroatoms. The molecule has 0 aliphatic heterocycles. The van der Waals surface area contributed by atoms with Gasteiger partial charge >= 0.3 is 5.97 Å². The van der Waals surface area contributed by atoms with Crippen LogP contribution in [0, 0.1) is 0 Å². The van der Waals surface area contributed by atoms with E-state index in [0.29, 0.717) is 6.42 Å². The fraction of sp³-hybridized carbons (Fsp3) is 0.600. The maximum Gasteiger partial charge on any atom is 0.324 e. The lowest BCUT2D eigenvalue weighted by Crippen LogP contribution is -1.97. The molecule has 0 radical (unpaired) electrons. The van der Waals surface area contributed by atoms with Crippen LogP contribution in [0.15, 0.2) is 0 Å². The van der Waals surface area contributed by atoms with E-state index < -0.39 is 11.2 Å². The lowest BCUT2D eigenvalue weighted by Gasteiger charge is -1.91. The molecule has 10 heavy (non-hydrogen) atoms. The summed E-state index contributed by atoms with van der Waals surface area (Å²) in [6.45, 7) is 0. The highest BCUT2D eigenvalue weighted by Gasteiger charge is 2.02. The minimum Gasteiger partial charge on any atom is -0.348 e. The molecule has 0 aromatic heterocycles. The van der Waals surface area contributed by atoms with Crippen LogP contribution in [0.25, 0.3) is 0 Å². The normalized spacial score (nSPS) is 9.00. The Hall–Kier alpha value is -0.280. The highest BCUT2D eigenvalue weighted by molar-refractivity contribution is 6.63. The Balaban J connectivity index is 3.20. The third-order valence-corrected chi connectivity index (χ3v) is 1.20. The largest absolute Gasteiger partial charge is 0.348 e. The molecule has 0 N–H and O–H groups in total. The van der Waals surface area contributed by atoms with Gasteiger partial charge in [0, 0.05) is 12.8 Å². The third-order valence-electron chi connectivity index (χ3n) is 0.840. The van der Waals surface area contributed by atoms with Crippen LogP contribution in [-0.2, 0) is 13.9 Å². The summed E-state index contributed by atoms with van der Waals surface area (Å²) in [7, 11) is 0. The number of hydrogen-bond donors (Lipinski definition) is 0. The van der Waals surface area contributed by atoms with Gasteiger partial charge in [-0.3, -0.25) is 9.59 Å². The summed E-state index contributed by atoms with van der Waals surface area (Å²) in [5.41, 5.74) is 0. The average molecular weight is 185 g/mol. The van der Waals surface area contributed by atoms with Crippen LogP contribution in [-0.4, -0.2) is 11.2 Å². The molecule has 0 aromatic rings. The van der Waals surface area contributed by atoms with E-state index in [9.17, 15) is 9.59 Å². The van der Waals surface area contributed by atoms with Gasteiger partial charge in [-0.1, -0.05) is 0 Å². The highest BCUT2D eigenvalue weighted by atomic mass is 35.5. The van der Waals surface area contributed by atoms with Crippen molar-refractivity contribution in [1.29, 1.82) is 0 Å². The summed E-state index contributed by atoms with van der Waals surface area (Å²) in [6, 6.07) is 0. The minimum atomic E-state index is -0.542. The molecule has 0 spiro atoms. The van der Waals surface area contributed by atoms with Gasteiger partial charge in [0.05, 0.1) is 0 Å². The number of carbonyl (C=O) groups excluding carboxylic acids is 2. The minimum absolute atomic E-state index is 0.127. The van der Waals surface area contributed by atoms with Crippen molar-refractivity contribution in [3.63, 3.8) is 0 Å². The highest BCUT2D eigenvalue weighted by Crippen LogP contribution is 2.01. The van der Waals surface area contributed by atoms with Crippen molar-refractivity contribution in [2.24, 2.45) is 0 Å². The van der Waals surface area contributed by atoms with Gasteiger partial charge in [0.2, 0.25) is 5.24 Å². The number of carbonyl (C=O) groups is 2. The molecular formula is C5H6Cl2O3. The Morgan fingerprint density at radius 2 is 1.90 bits per heavy atom. The molecule has 58 valence electrons. The molecule has 0 bridgehead atoms. The van der Waals surface area contributed by atoms with Gasteiger partial charge in [0.15, 0.2) is 0 Å². The first-order valence-corrected chi connectivity index (χ1v) is 3.35. The van der Waals surface area contributed by atoms with E-state index in [1.165, 1.54) is 0 Å². The monoisotopic (exact) mass is 184 g/mol. The zero-order valence-corrected chi connectivity index (χ0v) is 6.61. The van der Waals surface area contributed by atoms with Crippen molar-refractivity contribution in [3.8, 4) is 0 Å². The molecule has 0 unspecified atom stereocenters. The van der Waals surface area contributed by atoms with Crippen molar-refractivity contribution in [3.05, 3.63) is 0 Å². The number of rotatable bonds is 4. The maximum absolute atomic E-state index is 10.3. The number of hydrogen-bond acceptors (Lipinski definition) is 3. The summed E-state index contributed by atoms with van der Waals surface area (Å²) >= 11 is 9.68. The molecule has 0 fully saturated rings. The van der Waals surface area contributed by atoms with Crippen LogP contribution in [0.2, 0.25) is 0 Å². The van der Waals surface area contributed by atoms with Crippen molar-refractivity contribution in [2.45, 2.75) is 19.3 Å². The van der Waals surface area contributed by atoms with Crippen LogP contribution < -0.4 is 0 Å². The Kier molecular flexibility index (Phi) is 5.35. The standard InChI is InChI=1S/C5H6Cl2O3/c6-4(8)2-1-3-5(9)10-7/h1-3H2. The predicted molar refractivity (Wildman–Crippen MR) is 36.7 cm³/mol. The average Bonchev–Trinajstić information content (AvgIpc) is 1.87. The van der Waals surface area contributed by atoms with Crippen molar-refractivity contribution in [2.75, 3.05) is 0 Å². The second kappa shape index (κ2) is 5.50. The van der Waals surface area contributed by atoms with E-state index >= 15 is 0 Å². The molecule has 0 aliphatic rings. The molecule has 0 atom stereocenters. The molecule has 0 rings (SSSR count). The lowest BCUT2D eigenvalue weighted by molar-refractivity contribution is -0.134. The molecule has 0 aromatic carbocycles. The quantitative estimate of drug-likeness (QED) is 0.625. The molecule has 0 saturated heterocycles. The third kappa shape index (κ3) is 5.85. The molecule has 0 saturated carbocycles. The van der Waals surface area contributed by atoms with Crippen LogP contribution in [0.5, 0.6) is 0 Å². The Labute approximate surface area is 68.4 Å². The Morgan fingerprint density at radius 1 is 1.30 bits per heavy atom. The second-order valence-electron chi connectivity index (χ2n) is 1.66. The second-order valence-corrected chi connectivity index (χ2v) is 2.23. The molecule has 0 aliphatic carbocycles. The van der Waals surface area contributed by atoms with Gasteiger partial charge in [-0.2, -0.15) is 0 Å². The van der Waals surface area contributed by atoms with E-state index in [1.807, 2.05) is 0 Å². The first-order valence-electron chi connectivity index (χ1n) is 2.66. The van der Waals surface area contributed by atoms with Crippen molar-refractivity contribution in [1.82, 2.24) is 0 Å². The van der Waals surface area contributed by atoms with E-state index in [-0.39, 0.29) is 12.8 Å². The topological polar surface area (TPSA) is 43.4 Å². The zero-order chi connectivity index (χ0) is 7.98. The van der Waals surface area contributed by atoms with Crippen LogP contribution in [0.4, 0.5) is 0 Å². The fourth-order valence-electron chi connectivity index (χ4n) is 0.410. The fourth-order valence-corrected chi connectivity index (χ4v) is 0.621. The Morgan fingerprint density at radius 3 is 2.30 bits per heavy atom. The van der Waals surface area contributed by atoms with E-state index in [2.05, 4.69) is 4.29 Å². The summed E-state index contributed by atoms with van der Waals surface area (Å²) < 4.78 is 3.81. The molecule has 0 heterocycles. The first-order chi connectivity index (χ1) is 4.66. The van der Waals surface area contributed by atoms with E-state index in [1.54, 1.807) is 0 Å². The van der Waals surface area contributed by atoms with Crippen molar-refractivity contribution >= 4 is 34.7 Å². The summed E-state index contributed by atoms with van der Waals surface area (Å²) in [5.74, 6) is -0.542. The van der Waals surface area contributed by atoms with Gasteiger partial charge in [0.25, 0.3) is 0 Å². The van der Waals surface area contributed by atoms with E-state index in [4.69, 9.17) is 23.5 Å². The molecule has 3 nitrogen and oxygen atoms in total. The predicted octanol–water partition coefficient (Wildman–Crippen LogP) is 1.62. The van der Waals surface area contributed by atoms with E-state index in [0.717, 1.165) is 0 Å². The number of halogens is 2. The van der Waals surface area contributed by atoms with Crippen LogP contribution >= 0.6 is 23.5 Å². The summed E-state index contributed by atoms with van der Waals surface area (Å²) in [4.78, 5) is 20.4. The van der Waals surface area contributed by atoms with Gasteiger partial charge < -0.3 is 4.29 Å². The molecular weight excluding hydrogens is 179 g/mol. The zero-order valence-electron chi connectivity index (χ0n) is 5.10. The smallest absolute Gasteiger partial charge is 0.324 e. The van der Waals surface area contributed by atoms with Gasteiger partial charge in [-0.25, -0.2) is 0 Å². The maximum atomic E-state index is 10.3. The van der Waals surface area contributed by atoms with Gasteiger partial charge in [0.1, 0.15) is 11.9 Å². The van der Waals surface area contributed by atoms with Crippen LogP contribution in [0.3, 0.4) is 0 Å².